The number of thioether (sulfide) groups is 1. The fourth-order valence-electron chi connectivity index (χ4n) is 0.588. The molecule has 0 amide bonds. The van der Waals surface area contributed by atoms with Crippen LogP contribution < -0.4 is 0 Å². The van der Waals surface area contributed by atoms with Gasteiger partial charge in [0.2, 0.25) is 0 Å². The first-order valence-corrected chi connectivity index (χ1v) is 4.17. The van der Waals surface area contributed by atoms with Gasteiger partial charge in [0.05, 0.1) is 10.8 Å². The molecule has 1 aromatic rings. The van der Waals surface area contributed by atoms with Crippen molar-refractivity contribution in [2.75, 3.05) is 5.75 Å². The van der Waals surface area contributed by atoms with Gasteiger partial charge >= 0.3 is 6.18 Å². The smallest absolute Gasteiger partial charge is 0.250 e. The van der Waals surface area contributed by atoms with Gasteiger partial charge in [0, 0.05) is 6.20 Å². The lowest BCUT2D eigenvalue weighted by molar-refractivity contribution is -0.105. The average molecular weight is 193 g/mol. The molecule has 0 radical (unpaired) electrons. The van der Waals surface area contributed by atoms with Gasteiger partial charge in [0.25, 0.3) is 0 Å². The second-order valence-electron chi connectivity index (χ2n) is 2.07. The lowest BCUT2D eigenvalue weighted by atomic mass is 10.5. The fourth-order valence-corrected chi connectivity index (χ4v) is 1.21. The largest absolute Gasteiger partial charge is 0.398 e. The van der Waals surface area contributed by atoms with Gasteiger partial charge in [0.15, 0.2) is 0 Å². The molecule has 0 aliphatic heterocycles. The number of halogens is 3. The molecule has 0 N–H and O–H groups in total. The summed E-state index contributed by atoms with van der Waals surface area (Å²) >= 11 is 0.691. The molecule has 0 bridgehead atoms. The number of aromatic nitrogens is 1. The number of nitrogens with zero attached hydrogens (tertiary/aromatic N) is 1. The van der Waals surface area contributed by atoms with Crippen molar-refractivity contribution in [3.8, 4) is 0 Å². The lowest BCUT2D eigenvalue weighted by Gasteiger charge is -2.03. The second-order valence-corrected chi connectivity index (χ2v) is 3.07. The van der Waals surface area contributed by atoms with E-state index >= 15 is 0 Å². The highest BCUT2D eigenvalue weighted by Crippen LogP contribution is 2.25. The van der Waals surface area contributed by atoms with Crippen molar-refractivity contribution in [1.29, 1.82) is 0 Å². The van der Waals surface area contributed by atoms with Gasteiger partial charge in [0.1, 0.15) is 0 Å². The molecule has 1 heterocycles. The van der Waals surface area contributed by atoms with Crippen molar-refractivity contribution in [1.82, 2.24) is 4.98 Å². The van der Waals surface area contributed by atoms with E-state index in [1.165, 1.54) is 6.20 Å². The number of pyridine rings is 1. The molecule has 1 rings (SSSR count). The SMILES string of the molecule is FC(F)(F)CSc1ccccn1. The highest BCUT2D eigenvalue weighted by molar-refractivity contribution is 7.99. The predicted molar refractivity (Wildman–Crippen MR) is 41.0 cm³/mol. The van der Waals surface area contributed by atoms with E-state index in [1.807, 2.05) is 0 Å². The molecule has 0 saturated heterocycles. The number of rotatable bonds is 2. The van der Waals surface area contributed by atoms with Crippen LogP contribution in [0.1, 0.15) is 0 Å². The van der Waals surface area contributed by atoms with Crippen molar-refractivity contribution in [3.63, 3.8) is 0 Å². The summed E-state index contributed by atoms with van der Waals surface area (Å²) in [5.74, 6) is -0.885. The molecule has 0 aliphatic rings. The van der Waals surface area contributed by atoms with E-state index in [-0.39, 0.29) is 0 Å². The standard InChI is InChI=1S/C7H6F3NS/c8-7(9,10)5-12-6-3-1-2-4-11-6/h1-4H,5H2. The van der Waals surface area contributed by atoms with Crippen molar-refractivity contribution in [2.45, 2.75) is 11.2 Å². The zero-order chi connectivity index (χ0) is 9.03. The molecule has 0 atom stereocenters. The quantitative estimate of drug-likeness (QED) is 0.670. The zero-order valence-corrected chi connectivity index (χ0v) is 6.82. The Bertz CT molecular complexity index is 234. The summed E-state index contributed by atoms with van der Waals surface area (Å²) in [5, 5.41) is 0.398. The third-order valence-corrected chi connectivity index (χ3v) is 2.03. The minimum absolute atomic E-state index is 0.398. The first-order valence-electron chi connectivity index (χ1n) is 3.18. The third-order valence-electron chi connectivity index (χ3n) is 1.02. The first kappa shape index (κ1) is 9.38. The van der Waals surface area contributed by atoms with Gasteiger partial charge in [-0.3, -0.25) is 0 Å². The summed E-state index contributed by atoms with van der Waals surface area (Å²) in [6.07, 6.45) is -2.65. The van der Waals surface area contributed by atoms with Crippen LogP contribution in [0, 0.1) is 0 Å². The van der Waals surface area contributed by atoms with Crippen molar-refractivity contribution < 1.29 is 13.2 Å². The molecule has 0 aliphatic carbocycles. The van der Waals surface area contributed by atoms with Gasteiger partial charge in [-0.2, -0.15) is 13.2 Å². The molecule has 0 aromatic carbocycles. The summed E-state index contributed by atoms with van der Waals surface area (Å²) < 4.78 is 35.1. The van der Waals surface area contributed by atoms with E-state index in [1.54, 1.807) is 18.2 Å². The zero-order valence-electron chi connectivity index (χ0n) is 6.01. The van der Waals surface area contributed by atoms with Gasteiger partial charge in [-0.25, -0.2) is 4.98 Å². The Morgan fingerprint density at radius 2 is 2.08 bits per heavy atom. The van der Waals surface area contributed by atoms with Gasteiger partial charge in [-0.05, 0) is 12.1 Å². The van der Waals surface area contributed by atoms with E-state index < -0.39 is 11.9 Å². The Labute approximate surface area is 72.0 Å². The van der Waals surface area contributed by atoms with Gasteiger partial charge in [-0.15, -0.1) is 0 Å². The van der Waals surface area contributed by atoms with Crippen LogP contribution in [0.3, 0.4) is 0 Å². The van der Waals surface area contributed by atoms with E-state index in [2.05, 4.69) is 4.98 Å². The first-order chi connectivity index (χ1) is 5.58. The normalized spacial score (nSPS) is 11.6. The summed E-state index contributed by atoms with van der Waals surface area (Å²) in [6, 6.07) is 4.87. The Balaban J connectivity index is 2.44. The van der Waals surface area contributed by atoms with Crippen LogP contribution in [0.2, 0.25) is 0 Å². The molecule has 1 aromatic heterocycles. The van der Waals surface area contributed by atoms with Crippen LogP contribution in [0.25, 0.3) is 0 Å². The topological polar surface area (TPSA) is 12.9 Å². The molecule has 0 fully saturated rings. The van der Waals surface area contributed by atoms with E-state index in [0.29, 0.717) is 16.8 Å². The Morgan fingerprint density at radius 1 is 1.33 bits per heavy atom. The lowest BCUT2D eigenvalue weighted by Crippen LogP contribution is -2.10. The average Bonchev–Trinajstić information content (AvgIpc) is 2.02. The van der Waals surface area contributed by atoms with Crippen molar-refractivity contribution >= 4 is 11.8 Å². The molecule has 0 saturated carbocycles. The third kappa shape index (κ3) is 3.61. The minimum Gasteiger partial charge on any atom is -0.250 e. The van der Waals surface area contributed by atoms with Gasteiger partial charge in [-0.1, -0.05) is 17.8 Å². The minimum atomic E-state index is -4.12. The summed E-state index contributed by atoms with van der Waals surface area (Å²) in [5.41, 5.74) is 0. The van der Waals surface area contributed by atoms with Crippen LogP contribution >= 0.6 is 11.8 Å². The highest BCUT2D eigenvalue weighted by Gasteiger charge is 2.27. The summed E-state index contributed by atoms with van der Waals surface area (Å²) in [4.78, 5) is 3.74. The molecule has 1 nitrogen and oxygen atoms in total. The Hall–Kier alpha value is -0.710. The van der Waals surface area contributed by atoms with Crippen LogP contribution in [0.15, 0.2) is 29.4 Å². The van der Waals surface area contributed by atoms with Crippen LogP contribution in [0.5, 0.6) is 0 Å². The number of alkyl halides is 3. The maximum absolute atomic E-state index is 11.7. The van der Waals surface area contributed by atoms with Crippen molar-refractivity contribution in [3.05, 3.63) is 24.4 Å². The summed E-state index contributed by atoms with van der Waals surface area (Å²) in [7, 11) is 0. The van der Waals surface area contributed by atoms with Crippen molar-refractivity contribution in [2.24, 2.45) is 0 Å². The van der Waals surface area contributed by atoms with Crippen LogP contribution in [0.4, 0.5) is 13.2 Å². The van der Waals surface area contributed by atoms with E-state index in [4.69, 9.17) is 0 Å². The maximum atomic E-state index is 11.7. The number of hydrogen-bond donors (Lipinski definition) is 0. The van der Waals surface area contributed by atoms with E-state index in [9.17, 15) is 13.2 Å². The second kappa shape index (κ2) is 3.80. The molecular weight excluding hydrogens is 187 g/mol. The van der Waals surface area contributed by atoms with Crippen LogP contribution in [-0.2, 0) is 0 Å². The fraction of sp³-hybridized carbons (Fsp3) is 0.286. The Morgan fingerprint density at radius 3 is 2.58 bits per heavy atom. The van der Waals surface area contributed by atoms with Crippen LogP contribution in [-0.4, -0.2) is 16.9 Å². The Kier molecular flexibility index (Phi) is 2.97. The van der Waals surface area contributed by atoms with Gasteiger partial charge < -0.3 is 0 Å². The molecular formula is C7H6F3NS. The molecule has 12 heavy (non-hydrogen) atoms. The molecule has 5 heteroatoms. The highest BCUT2D eigenvalue weighted by atomic mass is 32.2. The van der Waals surface area contributed by atoms with E-state index in [0.717, 1.165) is 0 Å². The summed E-state index contributed by atoms with van der Waals surface area (Å²) in [6.45, 7) is 0. The number of hydrogen-bond acceptors (Lipinski definition) is 2. The molecule has 0 spiro atoms. The predicted octanol–water partition coefficient (Wildman–Crippen LogP) is 2.74. The maximum Gasteiger partial charge on any atom is 0.398 e. The molecule has 66 valence electrons. The molecule has 0 unspecified atom stereocenters. The monoisotopic (exact) mass is 193 g/mol.